The van der Waals surface area contributed by atoms with Crippen molar-refractivity contribution in [3.63, 3.8) is 0 Å². The molecule has 1 saturated heterocycles. The summed E-state index contributed by atoms with van der Waals surface area (Å²) in [6, 6.07) is 0. The van der Waals surface area contributed by atoms with Gasteiger partial charge in [0.1, 0.15) is 0 Å². The molecule has 0 aromatic carbocycles. The summed E-state index contributed by atoms with van der Waals surface area (Å²) < 4.78 is 4.82. The van der Waals surface area contributed by atoms with Gasteiger partial charge >= 0.3 is 5.97 Å². The lowest BCUT2D eigenvalue weighted by atomic mass is 9.99. The minimum absolute atomic E-state index is 0.318. The van der Waals surface area contributed by atoms with Crippen molar-refractivity contribution in [3.8, 4) is 0 Å². The summed E-state index contributed by atoms with van der Waals surface area (Å²) in [6.07, 6.45) is 13.2. The minimum atomic E-state index is -0.318. The van der Waals surface area contributed by atoms with E-state index in [2.05, 4.69) is 15.2 Å². The van der Waals surface area contributed by atoms with Gasteiger partial charge in [-0.2, -0.15) is 0 Å². The number of aromatic nitrogens is 1. The molecule has 0 bridgehead atoms. The summed E-state index contributed by atoms with van der Waals surface area (Å²) in [4.78, 5) is 23.5. The maximum absolute atomic E-state index is 11.8. The Bertz CT molecular complexity index is 911. The third-order valence-electron chi connectivity index (χ3n) is 5.44. The molecule has 4 rings (SSSR count). The zero-order valence-electron chi connectivity index (χ0n) is 15.8. The van der Waals surface area contributed by atoms with Crippen LogP contribution in [0.1, 0.15) is 32.1 Å². The first kappa shape index (κ1) is 17.9. The topological polar surface area (TPSA) is 66.8 Å². The highest BCUT2D eigenvalue weighted by atomic mass is 16.5. The fraction of sp³-hybridized carbons (Fsp3) is 0.476. The van der Waals surface area contributed by atoms with E-state index in [1.165, 1.54) is 39.5 Å². The van der Waals surface area contributed by atoms with Crippen LogP contribution in [0.5, 0.6) is 0 Å². The Morgan fingerprint density at radius 2 is 2.11 bits per heavy atom. The Morgan fingerprint density at radius 3 is 2.93 bits per heavy atom. The zero-order chi connectivity index (χ0) is 18.6. The molecule has 0 saturated carbocycles. The minimum Gasteiger partial charge on any atom is -0.465 e. The summed E-state index contributed by atoms with van der Waals surface area (Å²) in [5.74, 6) is -0.318. The van der Waals surface area contributed by atoms with E-state index in [-0.39, 0.29) is 5.97 Å². The van der Waals surface area contributed by atoms with Crippen molar-refractivity contribution in [3.05, 3.63) is 46.4 Å². The van der Waals surface area contributed by atoms with Crippen LogP contribution < -0.4 is 15.9 Å². The molecular weight excluding hydrogens is 340 g/mol. The lowest BCUT2D eigenvalue weighted by Gasteiger charge is -2.26. The van der Waals surface area contributed by atoms with Gasteiger partial charge in [0.05, 0.1) is 35.6 Å². The number of ether oxygens (including phenoxy) is 1. The van der Waals surface area contributed by atoms with Gasteiger partial charge in [0.2, 0.25) is 0 Å². The molecule has 1 fully saturated rings. The average molecular weight is 366 g/mol. The Labute approximate surface area is 159 Å². The molecule has 1 aromatic heterocycles. The molecule has 6 nitrogen and oxygen atoms in total. The van der Waals surface area contributed by atoms with E-state index in [0.717, 1.165) is 47.0 Å². The lowest BCUT2D eigenvalue weighted by Crippen LogP contribution is -2.32. The number of fused-ring (bicyclic) bond motifs is 2. The normalized spacial score (nSPS) is 18.8. The van der Waals surface area contributed by atoms with E-state index in [1.54, 1.807) is 0 Å². The molecule has 1 aliphatic carbocycles. The van der Waals surface area contributed by atoms with Crippen molar-refractivity contribution in [1.29, 1.82) is 0 Å². The number of pyridine rings is 1. The number of methoxy groups -OCH3 is 1. The van der Waals surface area contributed by atoms with Gasteiger partial charge in [-0.1, -0.05) is 12.5 Å². The number of carbonyl (C=O) groups excluding carboxylic acids is 1. The van der Waals surface area contributed by atoms with Crippen LogP contribution in [0.2, 0.25) is 0 Å². The predicted octanol–water partition coefficient (Wildman–Crippen LogP) is 1.54. The number of esters is 1. The Morgan fingerprint density at radius 1 is 1.26 bits per heavy atom. The van der Waals surface area contributed by atoms with E-state index in [9.17, 15) is 4.79 Å². The van der Waals surface area contributed by atoms with Crippen molar-refractivity contribution < 1.29 is 9.53 Å². The second-order valence-corrected chi connectivity index (χ2v) is 7.24. The van der Waals surface area contributed by atoms with Crippen molar-refractivity contribution in [1.82, 2.24) is 9.88 Å². The van der Waals surface area contributed by atoms with Crippen LogP contribution in [0, 0.1) is 0 Å². The molecule has 3 aliphatic rings. The molecular formula is C21H26N4O2. The van der Waals surface area contributed by atoms with Crippen LogP contribution in [-0.4, -0.2) is 49.1 Å². The van der Waals surface area contributed by atoms with Crippen LogP contribution in [-0.2, 0) is 9.53 Å². The highest BCUT2D eigenvalue weighted by Gasteiger charge is 2.21. The second kappa shape index (κ2) is 8.05. The predicted molar refractivity (Wildman–Crippen MR) is 105 cm³/mol. The van der Waals surface area contributed by atoms with Crippen molar-refractivity contribution >= 4 is 17.2 Å². The highest BCUT2D eigenvalue weighted by Crippen LogP contribution is 2.26. The van der Waals surface area contributed by atoms with Crippen LogP contribution in [0.3, 0.4) is 0 Å². The molecule has 3 heterocycles. The summed E-state index contributed by atoms with van der Waals surface area (Å²) in [5.41, 5.74) is 3.50. The molecule has 0 spiro atoms. The second-order valence-electron chi connectivity index (χ2n) is 7.24. The summed E-state index contributed by atoms with van der Waals surface area (Å²) in [5, 5.41) is 5.50. The molecule has 0 radical (unpaired) electrons. The van der Waals surface area contributed by atoms with Gasteiger partial charge in [-0.15, -0.1) is 0 Å². The smallest absolute Gasteiger partial charge is 0.337 e. The molecule has 1 aromatic rings. The molecule has 2 aliphatic heterocycles. The van der Waals surface area contributed by atoms with E-state index < -0.39 is 0 Å². The monoisotopic (exact) mass is 366 g/mol. The Balaban J connectivity index is 1.45. The summed E-state index contributed by atoms with van der Waals surface area (Å²) >= 11 is 0. The molecule has 0 unspecified atom stereocenters. The number of carbonyl (C=O) groups is 1. The SMILES string of the molecule is COC(=O)C1=CCC2=c3cncc(NCCCN4CCCCC4)c3=NC2=C1. The van der Waals surface area contributed by atoms with Crippen molar-refractivity contribution in [2.75, 3.05) is 38.6 Å². The lowest BCUT2D eigenvalue weighted by molar-refractivity contribution is -0.135. The standard InChI is InChI=1S/C21H26N4O2/c1-27-21(26)15-6-7-16-17-13-22-14-19(20(17)24-18(16)12-15)23-8-5-11-25-9-3-2-4-10-25/h6,12-14,23H,2-5,7-11H2,1H3. The van der Waals surface area contributed by atoms with Crippen LogP contribution >= 0.6 is 0 Å². The number of anilines is 1. The molecule has 6 heteroatoms. The summed E-state index contributed by atoms with van der Waals surface area (Å²) in [7, 11) is 1.40. The Kier molecular flexibility index (Phi) is 5.34. The number of allylic oxidation sites excluding steroid dienone is 2. The Hall–Kier alpha value is -2.47. The van der Waals surface area contributed by atoms with Crippen LogP contribution in [0.15, 0.2) is 40.8 Å². The van der Waals surface area contributed by atoms with Gasteiger partial charge in [0.15, 0.2) is 0 Å². The number of hydrogen-bond donors (Lipinski definition) is 1. The van der Waals surface area contributed by atoms with Crippen molar-refractivity contribution in [2.45, 2.75) is 32.1 Å². The quantitative estimate of drug-likeness (QED) is 0.611. The number of piperidine rings is 1. The number of nitrogens with one attached hydrogen (secondary N) is 1. The maximum atomic E-state index is 11.8. The molecule has 1 N–H and O–H groups in total. The number of likely N-dealkylation sites (tertiary alicyclic amines) is 1. The van der Waals surface area contributed by atoms with Crippen molar-refractivity contribution in [2.24, 2.45) is 4.99 Å². The third-order valence-corrected chi connectivity index (χ3v) is 5.44. The number of nitrogens with zero attached hydrogens (tertiary/aromatic N) is 3. The summed E-state index contributed by atoms with van der Waals surface area (Å²) in [6.45, 7) is 4.52. The van der Waals surface area contributed by atoms with Gasteiger partial charge in [0, 0.05) is 18.0 Å². The highest BCUT2D eigenvalue weighted by molar-refractivity contribution is 5.94. The molecule has 27 heavy (non-hydrogen) atoms. The molecule has 0 atom stereocenters. The molecule has 142 valence electrons. The first-order chi connectivity index (χ1) is 13.3. The van der Waals surface area contributed by atoms with Gasteiger partial charge in [0.25, 0.3) is 0 Å². The van der Waals surface area contributed by atoms with Gasteiger partial charge < -0.3 is 15.0 Å². The zero-order valence-corrected chi connectivity index (χ0v) is 15.8. The first-order valence-corrected chi connectivity index (χ1v) is 9.79. The van der Waals surface area contributed by atoms with E-state index in [4.69, 9.17) is 9.73 Å². The van der Waals surface area contributed by atoms with Gasteiger partial charge in [-0.3, -0.25) is 4.98 Å². The van der Waals surface area contributed by atoms with E-state index >= 15 is 0 Å². The van der Waals surface area contributed by atoms with Gasteiger partial charge in [-0.25, -0.2) is 9.79 Å². The van der Waals surface area contributed by atoms with Gasteiger partial charge in [-0.05, 0) is 57.0 Å². The first-order valence-electron chi connectivity index (χ1n) is 9.79. The van der Waals surface area contributed by atoms with E-state index in [0.29, 0.717) is 12.0 Å². The third kappa shape index (κ3) is 3.81. The number of rotatable bonds is 6. The average Bonchev–Trinajstić information content (AvgIpc) is 3.10. The fourth-order valence-electron chi connectivity index (χ4n) is 3.97. The van der Waals surface area contributed by atoms with Crippen LogP contribution in [0.25, 0.3) is 5.57 Å². The molecule has 0 amide bonds. The fourth-order valence-corrected chi connectivity index (χ4v) is 3.97. The largest absolute Gasteiger partial charge is 0.465 e. The maximum Gasteiger partial charge on any atom is 0.337 e. The van der Waals surface area contributed by atoms with Crippen LogP contribution in [0.4, 0.5) is 5.69 Å². The van der Waals surface area contributed by atoms with E-state index in [1.807, 2.05) is 24.5 Å². The number of hydrogen-bond acceptors (Lipinski definition) is 6.